The molecule has 0 spiro atoms. The quantitative estimate of drug-likeness (QED) is 0.839. The van der Waals surface area contributed by atoms with Crippen LogP contribution in [0.5, 0.6) is 5.75 Å². The summed E-state index contributed by atoms with van der Waals surface area (Å²) < 4.78 is 39.4. The smallest absolute Gasteiger partial charge is 0.406 e. The molecular weight excluding hydrogens is 265 g/mol. The fourth-order valence-electron chi connectivity index (χ4n) is 0.822. The second-order valence-electron chi connectivity index (χ2n) is 2.37. The molecular formula is C7H6BrF3N2O. The van der Waals surface area contributed by atoms with Crippen molar-refractivity contribution in [2.24, 2.45) is 5.73 Å². The molecule has 0 atom stereocenters. The maximum atomic E-state index is 11.8. The van der Waals surface area contributed by atoms with Crippen molar-refractivity contribution in [2.45, 2.75) is 12.9 Å². The zero-order valence-electron chi connectivity index (χ0n) is 6.81. The Morgan fingerprint density at radius 3 is 2.57 bits per heavy atom. The molecule has 0 aliphatic carbocycles. The van der Waals surface area contributed by atoms with Crippen molar-refractivity contribution >= 4 is 15.9 Å². The number of rotatable bonds is 2. The number of halogens is 4. The van der Waals surface area contributed by atoms with Gasteiger partial charge in [0.1, 0.15) is 10.4 Å². The molecule has 78 valence electrons. The lowest BCUT2D eigenvalue weighted by Gasteiger charge is -2.09. The van der Waals surface area contributed by atoms with E-state index in [1.54, 1.807) is 0 Å². The van der Waals surface area contributed by atoms with E-state index in [9.17, 15) is 13.2 Å². The van der Waals surface area contributed by atoms with E-state index in [0.29, 0.717) is 5.69 Å². The highest BCUT2D eigenvalue weighted by atomic mass is 79.9. The highest BCUT2D eigenvalue weighted by molar-refractivity contribution is 9.10. The molecule has 1 rings (SSSR count). The maximum absolute atomic E-state index is 11.8. The molecule has 0 unspecified atom stereocenters. The number of hydrogen-bond donors (Lipinski definition) is 1. The van der Waals surface area contributed by atoms with Crippen LogP contribution in [0, 0.1) is 0 Å². The minimum atomic E-state index is -4.70. The van der Waals surface area contributed by atoms with Crippen molar-refractivity contribution in [1.29, 1.82) is 0 Å². The van der Waals surface area contributed by atoms with Crippen LogP contribution in [0.4, 0.5) is 13.2 Å². The minimum Gasteiger partial charge on any atom is -0.406 e. The monoisotopic (exact) mass is 270 g/mol. The SMILES string of the molecule is NCc1cc(OC(F)(F)F)cc(Br)n1. The van der Waals surface area contributed by atoms with Gasteiger partial charge in [0.05, 0.1) is 5.69 Å². The number of nitrogens with two attached hydrogens (primary N) is 1. The highest BCUT2D eigenvalue weighted by Crippen LogP contribution is 2.25. The molecule has 0 aromatic carbocycles. The van der Waals surface area contributed by atoms with Gasteiger partial charge in [-0.1, -0.05) is 0 Å². The van der Waals surface area contributed by atoms with Crippen molar-refractivity contribution < 1.29 is 17.9 Å². The van der Waals surface area contributed by atoms with Crippen molar-refractivity contribution in [3.63, 3.8) is 0 Å². The van der Waals surface area contributed by atoms with Crippen LogP contribution >= 0.6 is 15.9 Å². The summed E-state index contributed by atoms with van der Waals surface area (Å²) in [6.45, 7) is 0.0493. The number of aromatic nitrogens is 1. The third-order valence-corrected chi connectivity index (χ3v) is 1.67. The number of alkyl halides is 3. The summed E-state index contributed by atoms with van der Waals surface area (Å²) >= 11 is 2.95. The van der Waals surface area contributed by atoms with E-state index in [0.717, 1.165) is 12.1 Å². The first-order valence-corrected chi connectivity index (χ1v) is 4.32. The molecule has 14 heavy (non-hydrogen) atoms. The van der Waals surface area contributed by atoms with Crippen LogP contribution in [0.3, 0.4) is 0 Å². The first-order chi connectivity index (χ1) is 6.40. The van der Waals surface area contributed by atoms with Crippen LogP contribution in [0.25, 0.3) is 0 Å². The van der Waals surface area contributed by atoms with Crippen LogP contribution < -0.4 is 10.5 Å². The Hall–Kier alpha value is -0.820. The second-order valence-corrected chi connectivity index (χ2v) is 3.18. The summed E-state index contributed by atoms with van der Waals surface area (Å²) in [4.78, 5) is 3.83. The third kappa shape index (κ3) is 3.51. The fourth-order valence-corrected chi connectivity index (χ4v) is 1.28. The summed E-state index contributed by atoms with van der Waals surface area (Å²) in [6, 6.07) is 2.25. The van der Waals surface area contributed by atoms with Gasteiger partial charge in [-0.2, -0.15) is 0 Å². The fraction of sp³-hybridized carbons (Fsp3) is 0.286. The van der Waals surface area contributed by atoms with Crippen LogP contribution in [-0.2, 0) is 6.54 Å². The van der Waals surface area contributed by atoms with Gasteiger partial charge in [0, 0.05) is 18.7 Å². The summed E-state index contributed by atoms with van der Waals surface area (Å²) in [5, 5.41) is 0. The van der Waals surface area contributed by atoms with Gasteiger partial charge < -0.3 is 10.5 Å². The Kier molecular flexibility index (Phi) is 3.33. The van der Waals surface area contributed by atoms with Crippen molar-refractivity contribution in [3.8, 4) is 5.75 Å². The Morgan fingerprint density at radius 1 is 1.43 bits per heavy atom. The Balaban J connectivity index is 2.92. The molecule has 0 bridgehead atoms. The van der Waals surface area contributed by atoms with Crippen molar-refractivity contribution in [2.75, 3.05) is 0 Å². The molecule has 1 heterocycles. The van der Waals surface area contributed by atoms with Gasteiger partial charge in [-0.3, -0.25) is 0 Å². The van der Waals surface area contributed by atoms with E-state index in [1.165, 1.54) is 0 Å². The maximum Gasteiger partial charge on any atom is 0.573 e. The van der Waals surface area contributed by atoms with Crippen molar-refractivity contribution in [3.05, 3.63) is 22.4 Å². The van der Waals surface area contributed by atoms with Crippen LogP contribution in [-0.4, -0.2) is 11.3 Å². The Labute approximate surface area is 86.2 Å². The molecule has 1 aromatic heterocycles. The number of pyridine rings is 1. The molecule has 1 aromatic rings. The van der Waals surface area contributed by atoms with Crippen LogP contribution in [0.1, 0.15) is 5.69 Å². The largest absolute Gasteiger partial charge is 0.573 e. The van der Waals surface area contributed by atoms with Gasteiger partial charge in [0.25, 0.3) is 0 Å². The van der Waals surface area contributed by atoms with Gasteiger partial charge in [0.2, 0.25) is 0 Å². The Bertz CT molecular complexity index is 329. The summed E-state index contributed by atoms with van der Waals surface area (Å²) in [5.41, 5.74) is 5.55. The minimum absolute atomic E-state index is 0.0493. The normalized spacial score (nSPS) is 11.5. The van der Waals surface area contributed by atoms with Gasteiger partial charge in [0.15, 0.2) is 0 Å². The number of ether oxygens (including phenoxy) is 1. The molecule has 0 radical (unpaired) electrons. The molecule has 3 nitrogen and oxygen atoms in total. The van der Waals surface area contributed by atoms with E-state index in [-0.39, 0.29) is 16.9 Å². The molecule has 0 saturated carbocycles. The molecule has 0 fully saturated rings. The van der Waals surface area contributed by atoms with Gasteiger partial charge >= 0.3 is 6.36 Å². The topological polar surface area (TPSA) is 48.1 Å². The first-order valence-electron chi connectivity index (χ1n) is 3.53. The van der Waals surface area contributed by atoms with Crippen LogP contribution in [0.2, 0.25) is 0 Å². The van der Waals surface area contributed by atoms with E-state index < -0.39 is 6.36 Å². The predicted molar refractivity (Wildman–Crippen MR) is 46.5 cm³/mol. The summed E-state index contributed by atoms with van der Waals surface area (Å²) in [7, 11) is 0. The number of nitrogens with zero attached hydrogens (tertiary/aromatic N) is 1. The number of hydrogen-bond acceptors (Lipinski definition) is 3. The lowest BCUT2D eigenvalue weighted by atomic mass is 10.3. The summed E-state index contributed by atoms with van der Waals surface area (Å²) in [6.07, 6.45) is -4.70. The first kappa shape index (κ1) is 11.3. The van der Waals surface area contributed by atoms with Crippen molar-refractivity contribution in [1.82, 2.24) is 4.98 Å². The standard InChI is InChI=1S/C7H6BrF3N2O/c8-6-2-5(14-7(9,10)11)1-4(3-12)13-6/h1-2H,3,12H2. The molecule has 0 amide bonds. The zero-order valence-corrected chi connectivity index (χ0v) is 8.39. The average Bonchev–Trinajstić information content (AvgIpc) is 1.99. The van der Waals surface area contributed by atoms with E-state index in [1.807, 2.05) is 0 Å². The predicted octanol–water partition coefficient (Wildman–Crippen LogP) is 2.20. The lowest BCUT2D eigenvalue weighted by molar-refractivity contribution is -0.274. The van der Waals surface area contributed by atoms with E-state index >= 15 is 0 Å². The highest BCUT2D eigenvalue weighted by Gasteiger charge is 2.31. The van der Waals surface area contributed by atoms with E-state index in [2.05, 4.69) is 25.7 Å². The van der Waals surface area contributed by atoms with Gasteiger partial charge in [-0.25, -0.2) is 4.98 Å². The zero-order chi connectivity index (χ0) is 10.8. The average molecular weight is 271 g/mol. The molecule has 7 heteroatoms. The third-order valence-electron chi connectivity index (χ3n) is 1.26. The molecule has 0 saturated heterocycles. The molecule has 2 N–H and O–H groups in total. The molecule has 0 aliphatic heterocycles. The second kappa shape index (κ2) is 4.14. The lowest BCUT2D eigenvalue weighted by Crippen LogP contribution is -2.17. The van der Waals surface area contributed by atoms with Gasteiger partial charge in [-0.05, 0) is 15.9 Å². The van der Waals surface area contributed by atoms with Gasteiger partial charge in [-0.15, -0.1) is 13.2 Å². The molecule has 0 aliphatic rings. The van der Waals surface area contributed by atoms with Crippen LogP contribution in [0.15, 0.2) is 16.7 Å². The van der Waals surface area contributed by atoms with E-state index in [4.69, 9.17) is 5.73 Å². The summed E-state index contributed by atoms with van der Waals surface area (Å²) in [5.74, 6) is -0.333. The Morgan fingerprint density at radius 2 is 2.07 bits per heavy atom.